The lowest BCUT2D eigenvalue weighted by Crippen LogP contribution is -2.22. The summed E-state index contributed by atoms with van der Waals surface area (Å²) >= 11 is 0. The predicted molar refractivity (Wildman–Crippen MR) is 110 cm³/mol. The molecule has 0 radical (unpaired) electrons. The van der Waals surface area contributed by atoms with Gasteiger partial charge in [0.2, 0.25) is 0 Å². The van der Waals surface area contributed by atoms with Crippen LogP contribution in [-0.4, -0.2) is 28.7 Å². The van der Waals surface area contributed by atoms with Crippen LogP contribution in [0.2, 0.25) is 0 Å². The highest BCUT2D eigenvalue weighted by Gasteiger charge is 2.24. The number of sulfone groups is 1. The van der Waals surface area contributed by atoms with Gasteiger partial charge in [-0.1, -0.05) is 62.1 Å². The van der Waals surface area contributed by atoms with Crippen LogP contribution in [0.5, 0.6) is 0 Å². The van der Waals surface area contributed by atoms with E-state index in [2.05, 4.69) is 6.92 Å². The summed E-state index contributed by atoms with van der Waals surface area (Å²) in [6.45, 7) is 3.93. The topological polar surface area (TPSA) is 77.5 Å². The molecule has 0 saturated carbocycles. The fourth-order valence-corrected chi connectivity index (χ4v) is 5.35. The van der Waals surface area contributed by atoms with E-state index in [1.165, 1.54) is 12.1 Å². The first kappa shape index (κ1) is 22.6. The average Bonchev–Trinajstić information content (AvgIpc) is 2.67. The van der Waals surface area contributed by atoms with Crippen molar-refractivity contribution in [3.05, 3.63) is 60.2 Å². The molecule has 0 aliphatic rings. The summed E-state index contributed by atoms with van der Waals surface area (Å²) in [5.74, 6) is -0.156. The van der Waals surface area contributed by atoms with E-state index in [1.54, 1.807) is 42.5 Å². The molecule has 2 aromatic rings. The van der Waals surface area contributed by atoms with Gasteiger partial charge in [0.15, 0.2) is 9.84 Å². The van der Waals surface area contributed by atoms with E-state index >= 15 is 0 Å². The fraction of sp³-hybridized carbons (Fsp3) is 0.429. The van der Waals surface area contributed by atoms with Crippen LogP contribution in [0.25, 0.3) is 0 Å². The second-order valence-corrected chi connectivity index (χ2v) is 10.6. The van der Waals surface area contributed by atoms with Crippen LogP contribution in [0.4, 0.5) is 0 Å². The van der Waals surface area contributed by atoms with Gasteiger partial charge in [-0.15, -0.1) is 0 Å². The largest absolute Gasteiger partial charge is 0.297 e. The van der Waals surface area contributed by atoms with Gasteiger partial charge in [0, 0.05) is 0 Å². The zero-order chi connectivity index (χ0) is 20.6. The maximum Gasteiger partial charge on any atom is 0.297 e. The van der Waals surface area contributed by atoms with Crippen LogP contribution in [0.1, 0.15) is 44.6 Å². The SMILES string of the molecule is CCCCC[C@@H](CCS(=O)(=O)c1ccccc1)OS(=O)(=O)c1ccc(C)cc1. The van der Waals surface area contributed by atoms with Crippen molar-refractivity contribution in [2.45, 2.75) is 61.8 Å². The number of benzene rings is 2. The third-order valence-corrected chi connectivity index (χ3v) is 7.65. The van der Waals surface area contributed by atoms with E-state index in [1.807, 2.05) is 6.92 Å². The lowest BCUT2D eigenvalue weighted by Gasteiger charge is -2.18. The average molecular weight is 425 g/mol. The zero-order valence-electron chi connectivity index (χ0n) is 16.4. The van der Waals surface area contributed by atoms with Crippen molar-refractivity contribution in [1.29, 1.82) is 0 Å². The van der Waals surface area contributed by atoms with Crippen molar-refractivity contribution < 1.29 is 21.0 Å². The molecular weight excluding hydrogens is 396 g/mol. The molecule has 2 aromatic carbocycles. The lowest BCUT2D eigenvalue weighted by molar-refractivity contribution is 0.191. The van der Waals surface area contributed by atoms with Crippen LogP contribution >= 0.6 is 0 Å². The zero-order valence-corrected chi connectivity index (χ0v) is 18.0. The molecule has 0 spiro atoms. The summed E-state index contributed by atoms with van der Waals surface area (Å²) in [6.07, 6.45) is 2.68. The molecule has 0 fully saturated rings. The maximum absolute atomic E-state index is 12.6. The Morgan fingerprint density at radius 3 is 2.07 bits per heavy atom. The predicted octanol–water partition coefficient (Wildman–Crippen LogP) is 4.51. The number of aryl methyl sites for hydroxylation is 1. The van der Waals surface area contributed by atoms with Gasteiger partial charge in [-0.3, -0.25) is 4.18 Å². The Labute approximate surface area is 168 Å². The molecule has 0 heterocycles. The summed E-state index contributed by atoms with van der Waals surface area (Å²) < 4.78 is 55.7. The molecule has 1 atom stereocenters. The Balaban J connectivity index is 2.12. The van der Waals surface area contributed by atoms with E-state index < -0.39 is 26.1 Å². The smallest absolute Gasteiger partial charge is 0.263 e. The minimum absolute atomic E-state index is 0.0875. The van der Waals surface area contributed by atoms with Crippen LogP contribution in [0.15, 0.2) is 64.4 Å². The quantitative estimate of drug-likeness (QED) is 0.392. The first-order valence-electron chi connectivity index (χ1n) is 9.52. The second kappa shape index (κ2) is 10.2. The Bertz CT molecular complexity index is 934. The van der Waals surface area contributed by atoms with Crippen LogP contribution in [0.3, 0.4) is 0 Å². The van der Waals surface area contributed by atoms with Gasteiger partial charge >= 0.3 is 0 Å². The molecule has 0 unspecified atom stereocenters. The summed E-state index contributed by atoms with van der Waals surface area (Å²) in [4.78, 5) is 0.327. The number of hydrogen-bond donors (Lipinski definition) is 0. The van der Waals surface area contributed by atoms with E-state index in [9.17, 15) is 16.8 Å². The molecule has 0 bridgehead atoms. The van der Waals surface area contributed by atoms with Crippen LogP contribution in [-0.2, 0) is 24.1 Å². The van der Waals surface area contributed by atoms with E-state index in [4.69, 9.17) is 4.18 Å². The number of rotatable bonds is 11. The van der Waals surface area contributed by atoms with Crippen molar-refractivity contribution in [2.75, 3.05) is 5.75 Å². The van der Waals surface area contributed by atoms with Crippen molar-refractivity contribution >= 4 is 20.0 Å². The normalized spacial score (nSPS) is 13.4. The van der Waals surface area contributed by atoms with Crippen LogP contribution in [0, 0.1) is 6.92 Å². The van der Waals surface area contributed by atoms with Crippen molar-refractivity contribution in [1.82, 2.24) is 0 Å². The van der Waals surface area contributed by atoms with Gasteiger partial charge in [0.1, 0.15) is 0 Å². The molecule has 0 N–H and O–H groups in total. The Morgan fingerprint density at radius 1 is 0.821 bits per heavy atom. The molecule has 0 aliphatic carbocycles. The highest BCUT2D eigenvalue weighted by atomic mass is 32.2. The minimum Gasteiger partial charge on any atom is -0.263 e. The summed E-state index contributed by atoms with van der Waals surface area (Å²) in [6, 6.07) is 14.6. The molecule has 0 amide bonds. The maximum atomic E-state index is 12.6. The number of hydrogen-bond acceptors (Lipinski definition) is 5. The van der Waals surface area contributed by atoms with Crippen molar-refractivity contribution in [2.24, 2.45) is 0 Å². The van der Waals surface area contributed by atoms with Gasteiger partial charge in [-0.25, -0.2) is 8.42 Å². The van der Waals surface area contributed by atoms with Crippen LogP contribution < -0.4 is 0 Å². The van der Waals surface area contributed by atoms with E-state index in [-0.39, 0.29) is 22.0 Å². The molecule has 0 aromatic heterocycles. The van der Waals surface area contributed by atoms with Gasteiger partial charge in [-0.05, 0) is 44.0 Å². The lowest BCUT2D eigenvalue weighted by atomic mass is 10.1. The van der Waals surface area contributed by atoms with Crippen molar-refractivity contribution in [3.8, 4) is 0 Å². The second-order valence-electron chi connectivity index (χ2n) is 6.90. The Kier molecular flexibility index (Phi) is 8.22. The molecule has 0 aliphatic heterocycles. The molecule has 28 heavy (non-hydrogen) atoms. The number of unbranched alkanes of at least 4 members (excludes halogenated alkanes) is 2. The Hall–Kier alpha value is -1.70. The highest BCUT2D eigenvalue weighted by molar-refractivity contribution is 7.91. The van der Waals surface area contributed by atoms with Crippen molar-refractivity contribution in [3.63, 3.8) is 0 Å². The molecule has 7 heteroatoms. The third kappa shape index (κ3) is 6.72. The first-order valence-corrected chi connectivity index (χ1v) is 12.6. The molecule has 5 nitrogen and oxygen atoms in total. The monoisotopic (exact) mass is 424 g/mol. The molecular formula is C21H28O5S2. The molecule has 0 saturated heterocycles. The van der Waals surface area contributed by atoms with Gasteiger partial charge < -0.3 is 0 Å². The molecule has 154 valence electrons. The van der Waals surface area contributed by atoms with E-state index in [0.29, 0.717) is 6.42 Å². The fourth-order valence-electron chi connectivity index (χ4n) is 2.83. The summed E-state index contributed by atoms with van der Waals surface area (Å²) in [7, 11) is -7.43. The summed E-state index contributed by atoms with van der Waals surface area (Å²) in [5.41, 5.74) is 0.951. The summed E-state index contributed by atoms with van der Waals surface area (Å²) in [5, 5.41) is 0. The van der Waals surface area contributed by atoms with E-state index in [0.717, 1.165) is 24.8 Å². The van der Waals surface area contributed by atoms with Gasteiger partial charge in [-0.2, -0.15) is 8.42 Å². The van der Waals surface area contributed by atoms with Gasteiger partial charge in [0.25, 0.3) is 10.1 Å². The Morgan fingerprint density at radius 2 is 1.46 bits per heavy atom. The van der Waals surface area contributed by atoms with Gasteiger partial charge in [0.05, 0.1) is 21.6 Å². The highest BCUT2D eigenvalue weighted by Crippen LogP contribution is 2.21. The third-order valence-electron chi connectivity index (χ3n) is 4.51. The molecule has 2 rings (SSSR count). The first-order chi connectivity index (χ1) is 13.2. The standard InChI is InChI=1S/C21H28O5S2/c1-3-4-6-9-19(16-17-27(22,23)20-10-7-5-8-11-20)26-28(24,25)21-14-12-18(2)13-15-21/h5,7-8,10-15,19H,3-4,6,9,16-17H2,1-2H3/t19-/m0/s1. The minimum atomic E-state index is -3.94.